The van der Waals surface area contributed by atoms with Crippen molar-refractivity contribution >= 4 is 5.97 Å². The maximum atomic E-state index is 13.3. The van der Waals surface area contributed by atoms with Gasteiger partial charge in [-0.2, -0.15) is 0 Å². The van der Waals surface area contributed by atoms with E-state index in [0.29, 0.717) is 19.4 Å². The van der Waals surface area contributed by atoms with Crippen molar-refractivity contribution in [1.29, 1.82) is 0 Å². The zero-order valence-corrected chi connectivity index (χ0v) is 8.69. The number of carbonyl (C=O) groups excluding carboxylic acids is 1. The third-order valence-electron chi connectivity index (χ3n) is 3.54. The summed E-state index contributed by atoms with van der Waals surface area (Å²) in [6, 6.07) is -0.534. The number of nitrogens with one attached hydrogen (secondary N) is 1. The molecule has 1 N–H and O–H groups in total. The lowest BCUT2D eigenvalue weighted by Crippen LogP contribution is -2.68. The van der Waals surface area contributed by atoms with Crippen LogP contribution in [0.5, 0.6) is 0 Å². The van der Waals surface area contributed by atoms with Crippen molar-refractivity contribution in [2.75, 3.05) is 13.7 Å². The van der Waals surface area contributed by atoms with Gasteiger partial charge in [-0.1, -0.05) is 0 Å². The lowest BCUT2D eigenvalue weighted by molar-refractivity contribution is -0.163. The van der Waals surface area contributed by atoms with Gasteiger partial charge in [-0.25, -0.2) is 8.78 Å². The first-order valence-corrected chi connectivity index (χ1v) is 5.18. The van der Waals surface area contributed by atoms with Gasteiger partial charge >= 0.3 is 5.97 Å². The number of rotatable bonds is 1. The molecule has 5 heteroatoms. The Morgan fingerprint density at radius 1 is 1.47 bits per heavy atom. The molecule has 2 unspecified atom stereocenters. The fourth-order valence-electron chi connectivity index (χ4n) is 2.73. The molecule has 2 atom stereocenters. The van der Waals surface area contributed by atoms with Crippen LogP contribution < -0.4 is 5.32 Å². The molecule has 0 aromatic heterocycles. The molecular formula is C10H15F2NO2. The number of alkyl halides is 2. The SMILES string of the molecule is COC(=O)C1NCC12CCCC(F)(F)C2. The third-order valence-corrected chi connectivity index (χ3v) is 3.54. The highest BCUT2D eigenvalue weighted by molar-refractivity contribution is 5.78. The maximum Gasteiger partial charge on any atom is 0.323 e. The Hall–Kier alpha value is -0.710. The average molecular weight is 219 g/mol. The topological polar surface area (TPSA) is 38.3 Å². The molecule has 2 aliphatic rings. The molecular weight excluding hydrogens is 204 g/mol. The van der Waals surface area contributed by atoms with E-state index in [0.717, 1.165) is 0 Å². The summed E-state index contributed by atoms with van der Waals surface area (Å²) in [5.74, 6) is -3.04. The number of hydrogen-bond donors (Lipinski definition) is 1. The molecule has 1 heterocycles. The van der Waals surface area contributed by atoms with E-state index in [-0.39, 0.29) is 12.8 Å². The molecule has 1 saturated carbocycles. The molecule has 2 rings (SSSR count). The standard InChI is InChI=1S/C10H15F2NO2/c1-15-8(14)7-9(6-13-7)3-2-4-10(11,12)5-9/h7,13H,2-6H2,1H3. The molecule has 0 bridgehead atoms. The Morgan fingerprint density at radius 2 is 2.20 bits per heavy atom. The van der Waals surface area contributed by atoms with Crippen LogP contribution in [-0.4, -0.2) is 31.6 Å². The molecule has 0 radical (unpaired) electrons. The molecule has 3 nitrogen and oxygen atoms in total. The minimum absolute atomic E-state index is 0.0529. The third kappa shape index (κ3) is 1.73. The zero-order chi connectivity index (χ0) is 11.1. The Bertz CT molecular complexity index is 283. The van der Waals surface area contributed by atoms with E-state index in [9.17, 15) is 13.6 Å². The first kappa shape index (κ1) is 10.8. The van der Waals surface area contributed by atoms with Gasteiger partial charge in [0.15, 0.2) is 0 Å². The summed E-state index contributed by atoms with van der Waals surface area (Å²) >= 11 is 0. The summed E-state index contributed by atoms with van der Waals surface area (Å²) < 4.78 is 31.2. The summed E-state index contributed by atoms with van der Waals surface area (Å²) in [5, 5.41) is 2.89. The highest BCUT2D eigenvalue weighted by Crippen LogP contribution is 2.49. The van der Waals surface area contributed by atoms with Crippen molar-refractivity contribution < 1.29 is 18.3 Å². The average Bonchev–Trinajstić information content (AvgIpc) is 2.14. The molecule has 86 valence electrons. The van der Waals surface area contributed by atoms with Crippen LogP contribution in [0.15, 0.2) is 0 Å². The van der Waals surface area contributed by atoms with E-state index < -0.39 is 23.3 Å². The lowest BCUT2D eigenvalue weighted by Gasteiger charge is -2.52. The number of hydrogen-bond acceptors (Lipinski definition) is 3. The highest BCUT2D eigenvalue weighted by atomic mass is 19.3. The van der Waals surface area contributed by atoms with E-state index in [1.165, 1.54) is 7.11 Å². The van der Waals surface area contributed by atoms with Crippen molar-refractivity contribution in [3.05, 3.63) is 0 Å². The second-order valence-corrected chi connectivity index (χ2v) is 4.59. The molecule has 15 heavy (non-hydrogen) atoms. The molecule has 0 aromatic carbocycles. The van der Waals surface area contributed by atoms with Crippen LogP contribution in [0, 0.1) is 5.41 Å². The number of halogens is 2. The van der Waals surface area contributed by atoms with Crippen molar-refractivity contribution in [2.45, 2.75) is 37.6 Å². The summed E-state index contributed by atoms with van der Waals surface area (Å²) in [7, 11) is 1.29. The monoisotopic (exact) mass is 219 g/mol. The number of ether oxygens (including phenoxy) is 1. The van der Waals surface area contributed by atoms with Gasteiger partial charge in [0.2, 0.25) is 5.92 Å². The smallest absolute Gasteiger partial charge is 0.323 e. The van der Waals surface area contributed by atoms with Gasteiger partial charge in [0, 0.05) is 24.8 Å². The van der Waals surface area contributed by atoms with Crippen molar-refractivity contribution in [3.8, 4) is 0 Å². The molecule has 1 aliphatic heterocycles. The van der Waals surface area contributed by atoms with Crippen LogP contribution in [0.25, 0.3) is 0 Å². The first-order chi connectivity index (χ1) is 6.99. The summed E-state index contributed by atoms with van der Waals surface area (Å²) in [4.78, 5) is 11.3. The van der Waals surface area contributed by atoms with Gasteiger partial charge in [0.25, 0.3) is 0 Å². The second kappa shape index (κ2) is 3.40. The lowest BCUT2D eigenvalue weighted by atomic mass is 9.63. The molecule has 2 fully saturated rings. The molecule has 1 saturated heterocycles. The van der Waals surface area contributed by atoms with Gasteiger partial charge in [-0.3, -0.25) is 4.79 Å². The fourth-order valence-corrected chi connectivity index (χ4v) is 2.73. The van der Waals surface area contributed by atoms with Crippen molar-refractivity contribution in [1.82, 2.24) is 5.32 Å². The first-order valence-electron chi connectivity index (χ1n) is 5.18. The minimum Gasteiger partial charge on any atom is -0.468 e. The number of methoxy groups -OCH3 is 1. The predicted molar refractivity (Wildman–Crippen MR) is 49.7 cm³/mol. The Kier molecular flexibility index (Phi) is 2.45. The van der Waals surface area contributed by atoms with Gasteiger partial charge in [0.1, 0.15) is 6.04 Å². The van der Waals surface area contributed by atoms with Crippen LogP contribution in [0.2, 0.25) is 0 Å². The van der Waals surface area contributed by atoms with Crippen LogP contribution in [0.4, 0.5) is 8.78 Å². The quantitative estimate of drug-likeness (QED) is 0.676. The largest absolute Gasteiger partial charge is 0.468 e. The van der Waals surface area contributed by atoms with Crippen molar-refractivity contribution in [2.24, 2.45) is 5.41 Å². The maximum absolute atomic E-state index is 13.3. The normalized spacial score (nSPS) is 38.5. The highest BCUT2D eigenvalue weighted by Gasteiger charge is 2.57. The van der Waals surface area contributed by atoms with Gasteiger partial charge in [-0.05, 0) is 12.8 Å². The van der Waals surface area contributed by atoms with Gasteiger partial charge in [-0.15, -0.1) is 0 Å². The summed E-state index contributed by atoms with van der Waals surface area (Å²) in [6.45, 7) is 0.502. The fraction of sp³-hybridized carbons (Fsp3) is 0.900. The Balaban J connectivity index is 2.10. The predicted octanol–water partition coefficient (Wildman–Crippen LogP) is 1.33. The molecule has 1 aliphatic carbocycles. The van der Waals surface area contributed by atoms with E-state index in [4.69, 9.17) is 0 Å². The summed E-state index contributed by atoms with van der Waals surface area (Å²) in [6.07, 6.45) is 0.937. The number of carbonyl (C=O) groups is 1. The molecule has 0 amide bonds. The Morgan fingerprint density at radius 3 is 2.67 bits per heavy atom. The van der Waals surface area contributed by atoms with E-state index >= 15 is 0 Å². The van der Waals surface area contributed by atoms with E-state index in [1.54, 1.807) is 0 Å². The zero-order valence-electron chi connectivity index (χ0n) is 8.69. The second-order valence-electron chi connectivity index (χ2n) is 4.59. The molecule has 0 aromatic rings. The van der Waals surface area contributed by atoms with Crippen LogP contribution in [0.3, 0.4) is 0 Å². The van der Waals surface area contributed by atoms with Gasteiger partial charge < -0.3 is 10.1 Å². The van der Waals surface area contributed by atoms with Crippen LogP contribution in [-0.2, 0) is 9.53 Å². The van der Waals surface area contributed by atoms with Crippen LogP contribution in [0.1, 0.15) is 25.7 Å². The van der Waals surface area contributed by atoms with Crippen LogP contribution >= 0.6 is 0 Å². The van der Waals surface area contributed by atoms with E-state index in [1.807, 2.05) is 0 Å². The van der Waals surface area contributed by atoms with Gasteiger partial charge in [0.05, 0.1) is 7.11 Å². The molecule has 1 spiro atoms. The Labute approximate surface area is 87.2 Å². The number of esters is 1. The summed E-state index contributed by atoms with van der Waals surface area (Å²) in [5.41, 5.74) is -0.561. The minimum atomic E-state index is -2.62. The van der Waals surface area contributed by atoms with E-state index in [2.05, 4.69) is 10.1 Å². The van der Waals surface area contributed by atoms with Crippen molar-refractivity contribution in [3.63, 3.8) is 0 Å².